The molecule has 0 unspecified atom stereocenters. The van der Waals surface area contributed by atoms with Crippen molar-refractivity contribution in [3.05, 3.63) is 28.3 Å². The van der Waals surface area contributed by atoms with E-state index in [4.69, 9.17) is 4.74 Å². The molecule has 0 aromatic heterocycles. The third kappa shape index (κ3) is 3.84. The van der Waals surface area contributed by atoms with Gasteiger partial charge >= 0.3 is 5.69 Å². The van der Waals surface area contributed by atoms with Crippen molar-refractivity contribution in [1.29, 1.82) is 0 Å². The summed E-state index contributed by atoms with van der Waals surface area (Å²) in [5, 5.41) is 14.3. The average molecular weight is 264 g/mol. The number of ether oxygens (including phenoxy) is 1. The number of rotatable bonds is 8. The van der Waals surface area contributed by atoms with E-state index in [0.717, 1.165) is 18.9 Å². The Hall–Kier alpha value is -1.78. The Bertz CT molecular complexity index is 444. The fourth-order valence-electron chi connectivity index (χ4n) is 2.15. The highest BCUT2D eigenvalue weighted by Gasteiger charge is 2.22. The lowest BCUT2D eigenvalue weighted by Crippen LogP contribution is -2.06. The molecule has 1 aliphatic rings. The van der Waals surface area contributed by atoms with E-state index in [1.54, 1.807) is 18.2 Å². The van der Waals surface area contributed by atoms with Crippen LogP contribution in [0.4, 0.5) is 11.4 Å². The van der Waals surface area contributed by atoms with Crippen molar-refractivity contribution in [3.63, 3.8) is 0 Å². The summed E-state index contributed by atoms with van der Waals surface area (Å²) in [6.45, 7) is 3.01. The topological polar surface area (TPSA) is 64.4 Å². The molecule has 0 atom stereocenters. The molecule has 0 aliphatic heterocycles. The Morgan fingerprint density at radius 3 is 2.89 bits per heavy atom. The lowest BCUT2D eigenvalue weighted by atomic mass is 10.2. The molecule has 1 aliphatic carbocycles. The maximum absolute atomic E-state index is 11.2. The van der Waals surface area contributed by atoms with Gasteiger partial charge in [-0.15, -0.1) is 0 Å². The molecular formula is C14H20N2O3. The standard InChI is InChI=1S/C14H20N2O3/c1-2-19-13-7-3-6-12(14(13)16(17)18)15-10-4-5-11-8-9-11/h3,6-7,11,15H,2,4-5,8-10H2,1H3. The monoisotopic (exact) mass is 264 g/mol. The Morgan fingerprint density at radius 2 is 2.26 bits per heavy atom. The summed E-state index contributed by atoms with van der Waals surface area (Å²) in [7, 11) is 0. The second-order valence-corrected chi connectivity index (χ2v) is 4.85. The summed E-state index contributed by atoms with van der Waals surface area (Å²) in [4.78, 5) is 10.8. The first-order valence-electron chi connectivity index (χ1n) is 6.86. The third-order valence-electron chi connectivity index (χ3n) is 3.28. The van der Waals surface area contributed by atoms with Gasteiger partial charge in [0.05, 0.1) is 11.5 Å². The van der Waals surface area contributed by atoms with Gasteiger partial charge in [0.1, 0.15) is 5.69 Å². The van der Waals surface area contributed by atoms with Crippen molar-refractivity contribution in [1.82, 2.24) is 0 Å². The van der Waals surface area contributed by atoms with E-state index in [-0.39, 0.29) is 10.6 Å². The van der Waals surface area contributed by atoms with E-state index in [1.165, 1.54) is 19.3 Å². The molecular weight excluding hydrogens is 244 g/mol. The largest absolute Gasteiger partial charge is 0.487 e. The zero-order chi connectivity index (χ0) is 13.7. The summed E-state index contributed by atoms with van der Waals surface area (Å²) < 4.78 is 5.31. The Labute approximate surface area is 113 Å². The second kappa shape index (κ2) is 6.41. The number of nitro groups is 1. The first-order chi connectivity index (χ1) is 9.22. The van der Waals surface area contributed by atoms with Gasteiger partial charge in [-0.3, -0.25) is 10.1 Å². The minimum Gasteiger partial charge on any atom is -0.487 e. The van der Waals surface area contributed by atoms with E-state index in [0.29, 0.717) is 18.0 Å². The molecule has 104 valence electrons. The summed E-state index contributed by atoms with van der Waals surface area (Å²) in [5.41, 5.74) is 0.586. The van der Waals surface area contributed by atoms with Crippen molar-refractivity contribution in [2.45, 2.75) is 32.6 Å². The molecule has 1 fully saturated rings. The number of benzene rings is 1. The Kier molecular flexibility index (Phi) is 4.60. The summed E-state index contributed by atoms with van der Waals surface area (Å²) in [5.74, 6) is 1.23. The van der Waals surface area contributed by atoms with Crippen LogP contribution in [-0.4, -0.2) is 18.1 Å². The summed E-state index contributed by atoms with van der Waals surface area (Å²) in [6, 6.07) is 5.15. The minimum atomic E-state index is -0.381. The highest BCUT2D eigenvalue weighted by molar-refractivity contribution is 5.68. The highest BCUT2D eigenvalue weighted by Crippen LogP contribution is 2.35. The van der Waals surface area contributed by atoms with Gasteiger partial charge in [0.25, 0.3) is 0 Å². The maximum atomic E-state index is 11.2. The van der Waals surface area contributed by atoms with E-state index in [9.17, 15) is 10.1 Å². The van der Waals surface area contributed by atoms with Crippen LogP contribution in [0.3, 0.4) is 0 Å². The van der Waals surface area contributed by atoms with Crippen molar-refractivity contribution >= 4 is 11.4 Å². The molecule has 0 saturated heterocycles. The molecule has 0 amide bonds. The third-order valence-corrected chi connectivity index (χ3v) is 3.28. The molecule has 1 saturated carbocycles. The first kappa shape index (κ1) is 13.6. The van der Waals surface area contributed by atoms with Gasteiger partial charge in [-0.1, -0.05) is 18.9 Å². The number of hydrogen-bond donors (Lipinski definition) is 1. The fourth-order valence-corrected chi connectivity index (χ4v) is 2.15. The summed E-state index contributed by atoms with van der Waals surface area (Å²) >= 11 is 0. The number of hydrogen-bond acceptors (Lipinski definition) is 4. The van der Waals surface area contributed by atoms with E-state index < -0.39 is 0 Å². The molecule has 2 rings (SSSR count). The average Bonchev–Trinajstić information content (AvgIpc) is 3.19. The van der Waals surface area contributed by atoms with Crippen molar-refractivity contribution < 1.29 is 9.66 Å². The van der Waals surface area contributed by atoms with Gasteiger partial charge in [-0.05, 0) is 37.8 Å². The van der Waals surface area contributed by atoms with Crippen LogP contribution in [0, 0.1) is 16.0 Å². The molecule has 1 N–H and O–H groups in total. The van der Waals surface area contributed by atoms with Gasteiger partial charge in [-0.25, -0.2) is 0 Å². The predicted octanol–water partition coefficient (Wildman–Crippen LogP) is 3.60. The molecule has 0 heterocycles. The van der Waals surface area contributed by atoms with Crippen molar-refractivity contribution in [3.8, 4) is 5.75 Å². The molecule has 0 spiro atoms. The second-order valence-electron chi connectivity index (χ2n) is 4.85. The molecule has 1 aromatic carbocycles. The van der Waals surface area contributed by atoms with E-state index >= 15 is 0 Å². The molecule has 19 heavy (non-hydrogen) atoms. The van der Waals surface area contributed by atoms with Gasteiger partial charge < -0.3 is 10.1 Å². The van der Waals surface area contributed by atoms with E-state index in [1.807, 2.05) is 6.92 Å². The lowest BCUT2D eigenvalue weighted by molar-refractivity contribution is -0.384. The van der Waals surface area contributed by atoms with Gasteiger partial charge in [-0.2, -0.15) is 0 Å². The Morgan fingerprint density at radius 1 is 1.47 bits per heavy atom. The Balaban J connectivity index is 2.00. The summed E-state index contributed by atoms with van der Waals surface area (Å²) in [6.07, 6.45) is 4.96. The number of para-hydroxylation sites is 1. The van der Waals surface area contributed by atoms with Gasteiger partial charge in [0.15, 0.2) is 5.75 Å². The van der Waals surface area contributed by atoms with Crippen molar-refractivity contribution in [2.24, 2.45) is 5.92 Å². The van der Waals surface area contributed by atoms with Crippen LogP contribution < -0.4 is 10.1 Å². The molecule has 0 radical (unpaired) electrons. The van der Waals surface area contributed by atoms with Crippen LogP contribution in [0.15, 0.2) is 18.2 Å². The zero-order valence-electron chi connectivity index (χ0n) is 11.2. The number of nitrogens with one attached hydrogen (secondary N) is 1. The smallest absolute Gasteiger partial charge is 0.333 e. The predicted molar refractivity (Wildman–Crippen MR) is 74.7 cm³/mol. The van der Waals surface area contributed by atoms with Gasteiger partial charge in [0.2, 0.25) is 0 Å². The van der Waals surface area contributed by atoms with Crippen LogP contribution >= 0.6 is 0 Å². The molecule has 1 aromatic rings. The molecule has 5 heteroatoms. The van der Waals surface area contributed by atoms with E-state index in [2.05, 4.69) is 5.32 Å². The minimum absolute atomic E-state index is 0.0378. The quantitative estimate of drug-likeness (QED) is 0.442. The van der Waals surface area contributed by atoms with Crippen molar-refractivity contribution in [2.75, 3.05) is 18.5 Å². The number of nitro benzene ring substituents is 1. The zero-order valence-corrected chi connectivity index (χ0v) is 11.2. The fraction of sp³-hybridized carbons (Fsp3) is 0.571. The molecule has 5 nitrogen and oxygen atoms in total. The SMILES string of the molecule is CCOc1cccc(NCCCC2CC2)c1[N+](=O)[O-]. The van der Waals surface area contributed by atoms with Crippen LogP contribution in [0.2, 0.25) is 0 Å². The highest BCUT2D eigenvalue weighted by atomic mass is 16.6. The lowest BCUT2D eigenvalue weighted by Gasteiger charge is -2.10. The molecule has 0 bridgehead atoms. The normalized spacial score (nSPS) is 14.2. The number of nitrogens with zero attached hydrogens (tertiary/aromatic N) is 1. The van der Waals surface area contributed by atoms with Crippen LogP contribution in [0.5, 0.6) is 5.75 Å². The van der Waals surface area contributed by atoms with Gasteiger partial charge in [0, 0.05) is 6.54 Å². The van der Waals surface area contributed by atoms with Crippen LogP contribution in [0.1, 0.15) is 32.6 Å². The maximum Gasteiger partial charge on any atom is 0.333 e. The number of anilines is 1. The van der Waals surface area contributed by atoms with Crippen LogP contribution in [-0.2, 0) is 0 Å². The first-order valence-corrected chi connectivity index (χ1v) is 6.86. The van der Waals surface area contributed by atoms with Crippen LogP contribution in [0.25, 0.3) is 0 Å².